The number of esters is 1. The van der Waals surface area contributed by atoms with Crippen molar-refractivity contribution in [3.63, 3.8) is 0 Å². The first-order valence-corrected chi connectivity index (χ1v) is 10.6. The van der Waals surface area contributed by atoms with Crippen molar-refractivity contribution in [2.75, 3.05) is 0 Å². The van der Waals surface area contributed by atoms with Gasteiger partial charge in [0.2, 0.25) is 11.6 Å². The number of furan rings is 1. The van der Waals surface area contributed by atoms with E-state index in [4.69, 9.17) is 31.2 Å². The summed E-state index contributed by atoms with van der Waals surface area (Å²) >= 11 is 6.28. The topological polar surface area (TPSA) is 98.5 Å². The van der Waals surface area contributed by atoms with Crippen LogP contribution in [0.25, 0.3) is 11.0 Å². The fourth-order valence-corrected chi connectivity index (χ4v) is 4.38. The summed E-state index contributed by atoms with van der Waals surface area (Å²) in [6.45, 7) is 1.77. The number of hydrogen-bond donors (Lipinski definition) is 1. The molecule has 1 unspecified atom stereocenters. The first-order valence-electron chi connectivity index (χ1n) is 10.2. The van der Waals surface area contributed by atoms with Gasteiger partial charge in [0.05, 0.1) is 5.92 Å². The predicted molar refractivity (Wildman–Crippen MR) is 123 cm³/mol. The van der Waals surface area contributed by atoms with E-state index in [-0.39, 0.29) is 39.3 Å². The Morgan fingerprint density at radius 1 is 1.18 bits per heavy atom. The van der Waals surface area contributed by atoms with E-state index in [1.807, 2.05) is 24.3 Å². The number of para-hydroxylation sites is 1. The van der Waals surface area contributed by atoms with E-state index in [2.05, 4.69) is 0 Å². The molecule has 2 N–H and O–H groups in total. The molecule has 0 amide bonds. The summed E-state index contributed by atoms with van der Waals surface area (Å²) in [6.07, 6.45) is 0. The molecule has 6 nitrogen and oxygen atoms in total. The number of fused-ring (bicyclic) bond motifs is 2. The number of benzene rings is 3. The molecule has 0 aliphatic carbocycles. The molecule has 5 rings (SSSR count). The van der Waals surface area contributed by atoms with Gasteiger partial charge in [0.1, 0.15) is 34.5 Å². The minimum Gasteiger partial charge on any atom is -0.449 e. The molecule has 0 saturated heterocycles. The van der Waals surface area contributed by atoms with Gasteiger partial charge in [-0.2, -0.15) is 5.26 Å². The normalized spacial score (nSPS) is 14.9. The van der Waals surface area contributed by atoms with Crippen molar-refractivity contribution >= 4 is 28.5 Å². The number of nitrogens with zero attached hydrogens (tertiary/aromatic N) is 1. The largest absolute Gasteiger partial charge is 0.449 e. The lowest BCUT2D eigenvalue weighted by atomic mass is 9.83. The number of aryl methyl sites for hydroxylation is 1. The Morgan fingerprint density at radius 3 is 2.71 bits per heavy atom. The number of nitrogens with two attached hydrogens (primary N) is 1. The Labute approximate surface area is 198 Å². The number of rotatable bonds is 3. The summed E-state index contributed by atoms with van der Waals surface area (Å²) < 4.78 is 31.6. The number of nitriles is 1. The second-order valence-corrected chi connectivity index (χ2v) is 8.11. The quantitative estimate of drug-likeness (QED) is 0.290. The van der Waals surface area contributed by atoms with Gasteiger partial charge in [0.25, 0.3) is 0 Å². The highest BCUT2D eigenvalue weighted by atomic mass is 35.5. The van der Waals surface area contributed by atoms with Crippen molar-refractivity contribution in [3.8, 4) is 17.6 Å². The number of ether oxygens (including phenoxy) is 2. The van der Waals surface area contributed by atoms with E-state index in [0.29, 0.717) is 16.7 Å². The van der Waals surface area contributed by atoms with Crippen molar-refractivity contribution in [2.45, 2.75) is 12.8 Å². The van der Waals surface area contributed by atoms with Crippen LogP contribution in [-0.4, -0.2) is 5.97 Å². The van der Waals surface area contributed by atoms with Crippen molar-refractivity contribution in [1.29, 1.82) is 5.26 Å². The minimum absolute atomic E-state index is 0.0298. The smallest absolute Gasteiger partial charge is 0.379 e. The molecule has 0 spiro atoms. The summed E-state index contributed by atoms with van der Waals surface area (Å²) in [5.74, 6) is -1.87. The van der Waals surface area contributed by atoms with Crippen molar-refractivity contribution in [3.05, 3.63) is 105 Å². The Kier molecular flexibility index (Phi) is 5.23. The third-order valence-electron chi connectivity index (χ3n) is 5.72. The zero-order chi connectivity index (χ0) is 24.0. The van der Waals surface area contributed by atoms with Gasteiger partial charge in [-0.3, -0.25) is 0 Å². The average Bonchev–Trinajstić information content (AvgIpc) is 3.15. The first kappa shape index (κ1) is 21.6. The number of hydrogen-bond acceptors (Lipinski definition) is 6. The third-order valence-corrected chi connectivity index (χ3v) is 6.05. The molecule has 34 heavy (non-hydrogen) atoms. The zero-order valence-electron chi connectivity index (χ0n) is 17.8. The molecule has 1 aromatic heterocycles. The molecule has 4 aromatic rings. The maximum atomic E-state index is 14.8. The predicted octanol–water partition coefficient (Wildman–Crippen LogP) is 5.97. The van der Waals surface area contributed by atoms with Crippen molar-refractivity contribution < 1.29 is 23.1 Å². The Balaban J connectivity index is 1.53. The van der Waals surface area contributed by atoms with Crippen LogP contribution >= 0.6 is 11.6 Å². The number of allylic oxidation sites excluding steroid dienone is 1. The molecule has 168 valence electrons. The number of carbonyl (C=O) groups is 1. The van der Waals surface area contributed by atoms with E-state index in [0.717, 1.165) is 5.39 Å². The highest BCUT2D eigenvalue weighted by Gasteiger charge is 2.34. The lowest BCUT2D eigenvalue weighted by Gasteiger charge is -2.27. The van der Waals surface area contributed by atoms with Gasteiger partial charge in [-0.25, -0.2) is 9.18 Å². The number of carbonyl (C=O) groups excluding carboxylic acids is 1. The molecule has 1 aliphatic rings. The lowest BCUT2D eigenvalue weighted by Crippen LogP contribution is -2.22. The van der Waals surface area contributed by atoms with Crippen molar-refractivity contribution in [2.24, 2.45) is 5.73 Å². The van der Waals surface area contributed by atoms with Gasteiger partial charge < -0.3 is 19.6 Å². The van der Waals surface area contributed by atoms with E-state index in [9.17, 15) is 14.4 Å². The second kappa shape index (κ2) is 8.25. The first-order chi connectivity index (χ1) is 16.4. The van der Waals surface area contributed by atoms with Gasteiger partial charge in [0, 0.05) is 33.2 Å². The van der Waals surface area contributed by atoms with E-state index < -0.39 is 17.7 Å². The van der Waals surface area contributed by atoms with Crippen LogP contribution in [0.4, 0.5) is 4.39 Å². The Bertz CT molecular complexity index is 1530. The monoisotopic (exact) mass is 474 g/mol. The maximum Gasteiger partial charge on any atom is 0.379 e. The van der Waals surface area contributed by atoms with Gasteiger partial charge in [-0.05, 0) is 31.2 Å². The minimum atomic E-state index is -0.884. The average molecular weight is 475 g/mol. The highest BCUT2D eigenvalue weighted by molar-refractivity contribution is 6.31. The van der Waals surface area contributed by atoms with Gasteiger partial charge >= 0.3 is 5.97 Å². The molecule has 0 bridgehead atoms. The molecule has 2 heterocycles. The molecule has 3 aromatic carbocycles. The molecule has 0 fully saturated rings. The molecule has 8 heteroatoms. The van der Waals surface area contributed by atoms with Gasteiger partial charge in [-0.15, -0.1) is 0 Å². The van der Waals surface area contributed by atoms with Gasteiger partial charge in [0.15, 0.2) is 0 Å². The fourth-order valence-electron chi connectivity index (χ4n) is 4.10. The summed E-state index contributed by atoms with van der Waals surface area (Å²) in [7, 11) is 0. The number of halogens is 2. The van der Waals surface area contributed by atoms with E-state index >= 15 is 0 Å². The maximum absolute atomic E-state index is 14.8. The summed E-state index contributed by atoms with van der Waals surface area (Å²) in [6, 6.07) is 18.1. The molecule has 1 aliphatic heterocycles. The van der Waals surface area contributed by atoms with Crippen LogP contribution in [0.3, 0.4) is 0 Å². The highest BCUT2D eigenvalue weighted by Crippen LogP contribution is 2.46. The molecular weight excluding hydrogens is 459 g/mol. The Morgan fingerprint density at radius 2 is 1.97 bits per heavy atom. The molecule has 0 saturated carbocycles. The molecule has 0 radical (unpaired) electrons. The fraction of sp³-hybridized carbons (Fsp3) is 0.0769. The third kappa shape index (κ3) is 3.45. The summed E-state index contributed by atoms with van der Waals surface area (Å²) in [4.78, 5) is 12.8. The van der Waals surface area contributed by atoms with Gasteiger partial charge in [-0.1, -0.05) is 41.9 Å². The Hall–Kier alpha value is -4.28. The summed E-state index contributed by atoms with van der Waals surface area (Å²) in [5, 5.41) is 10.6. The van der Waals surface area contributed by atoms with E-state index in [1.54, 1.807) is 19.1 Å². The van der Waals surface area contributed by atoms with Crippen molar-refractivity contribution in [1.82, 2.24) is 0 Å². The van der Waals surface area contributed by atoms with Crippen LogP contribution < -0.4 is 15.2 Å². The van der Waals surface area contributed by atoms with Crippen LogP contribution in [0.5, 0.6) is 11.5 Å². The van der Waals surface area contributed by atoms with E-state index in [1.165, 1.54) is 30.3 Å². The van der Waals surface area contributed by atoms with Crippen LogP contribution in [0.1, 0.15) is 33.2 Å². The van der Waals surface area contributed by atoms with Crippen LogP contribution in [0, 0.1) is 24.1 Å². The molecule has 1 atom stereocenters. The second-order valence-electron chi connectivity index (χ2n) is 7.70. The molecular formula is C26H16ClFN2O4. The summed E-state index contributed by atoms with van der Waals surface area (Å²) in [5.41, 5.74) is 7.82. The zero-order valence-corrected chi connectivity index (χ0v) is 18.5. The lowest BCUT2D eigenvalue weighted by molar-refractivity contribution is 0.0702. The van der Waals surface area contributed by atoms with Crippen LogP contribution in [0.2, 0.25) is 5.02 Å². The van der Waals surface area contributed by atoms with Crippen LogP contribution in [0.15, 0.2) is 76.5 Å². The standard InChI is InChI=1S/C26H16ClFN2O4/c1-13-15-5-2-3-8-20(15)33-24(13)26(31)32-14-9-10-16-21(11-14)34-25(30)17(12-29)22(16)23-18(27)6-4-7-19(23)28/h2-11,22H,30H2,1H3. The van der Waals surface area contributed by atoms with Crippen LogP contribution in [-0.2, 0) is 0 Å². The SMILES string of the molecule is Cc1c(C(=O)Oc2ccc3c(c2)OC(N)=C(C#N)C3c2c(F)cccc2Cl)oc2ccccc12.